The van der Waals surface area contributed by atoms with Gasteiger partial charge >= 0.3 is 0 Å². The van der Waals surface area contributed by atoms with Crippen LogP contribution in [0.2, 0.25) is 0 Å². The molecule has 156 valence electrons. The fraction of sp³-hybridized carbons (Fsp3) is 0.273. The number of aromatic nitrogens is 3. The van der Waals surface area contributed by atoms with E-state index in [-0.39, 0.29) is 17.6 Å². The van der Waals surface area contributed by atoms with Crippen molar-refractivity contribution in [3.63, 3.8) is 0 Å². The van der Waals surface area contributed by atoms with E-state index in [1.54, 1.807) is 0 Å². The minimum Gasteiger partial charge on any atom is -0.351 e. The van der Waals surface area contributed by atoms with Crippen molar-refractivity contribution in [1.82, 2.24) is 25.4 Å². The van der Waals surface area contributed by atoms with E-state index in [0.717, 1.165) is 11.1 Å². The van der Waals surface area contributed by atoms with Crippen molar-refractivity contribution < 1.29 is 9.59 Å². The van der Waals surface area contributed by atoms with Gasteiger partial charge < -0.3 is 15.2 Å². The maximum absolute atomic E-state index is 12.2. The minimum absolute atomic E-state index is 0.0628. The molecule has 30 heavy (non-hydrogen) atoms. The number of benzene rings is 2. The summed E-state index contributed by atoms with van der Waals surface area (Å²) in [6.07, 6.45) is 0.324. The summed E-state index contributed by atoms with van der Waals surface area (Å²) < 4.78 is 1.91. The lowest BCUT2D eigenvalue weighted by molar-refractivity contribution is -0.120. The summed E-state index contributed by atoms with van der Waals surface area (Å²) in [7, 11) is 0. The Hall–Kier alpha value is -3.13. The third kappa shape index (κ3) is 6.45. The molecule has 0 aliphatic rings. The summed E-state index contributed by atoms with van der Waals surface area (Å²) in [6, 6.07) is 19.4. The first kappa shape index (κ1) is 21.6. The highest BCUT2D eigenvalue weighted by atomic mass is 32.2. The summed E-state index contributed by atoms with van der Waals surface area (Å²) in [5, 5.41) is 14.8. The smallest absolute Gasteiger partial charge is 0.230 e. The van der Waals surface area contributed by atoms with Crippen LogP contribution in [-0.4, -0.2) is 32.3 Å². The predicted molar refractivity (Wildman–Crippen MR) is 117 cm³/mol. The van der Waals surface area contributed by atoms with Gasteiger partial charge in [0.2, 0.25) is 11.8 Å². The summed E-state index contributed by atoms with van der Waals surface area (Å²) >= 11 is 1.34. The lowest BCUT2D eigenvalue weighted by Gasteiger charge is -2.09. The van der Waals surface area contributed by atoms with Crippen LogP contribution in [0.4, 0.5) is 0 Å². The van der Waals surface area contributed by atoms with Gasteiger partial charge in [0.25, 0.3) is 0 Å². The van der Waals surface area contributed by atoms with Crippen LogP contribution in [0.5, 0.6) is 0 Å². The van der Waals surface area contributed by atoms with Crippen LogP contribution in [0.15, 0.2) is 65.8 Å². The molecule has 0 aliphatic carbocycles. The maximum Gasteiger partial charge on any atom is 0.230 e. The van der Waals surface area contributed by atoms with Gasteiger partial charge in [-0.05, 0) is 18.1 Å². The Morgan fingerprint density at radius 1 is 0.867 bits per heavy atom. The van der Waals surface area contributed by atoms with Crippen LogP contribution in [0.1, 0.15) is 23.9 Å². The van der Waals surface area contributed by atoms with Crippen LogP contribution in [0.3, 0.4) is 0 Å². The van der Waals surface area contributed by atoms with Gasteiger partial charge in [0.1, 0.15) is 0 Å². The number of rotatable bonds is 10. The highest BCUT2D eigenvalue weighted by molar-refractivity contribution is 7.99. The van der Waals surface area contributed by atoms with Crippen LogP contribution in [0.25, 0.3) is 0 Å². The molecule has 2 N–H and O–H groups in total. The molecule has 1 heterocycles. The first-order valence-corrected chi connectivity index (χ1v) is 10.8. The van der Waals surface area contributed by atoms with E-state index in [1.807, 2.05) is 72.2 Å². The second-order valence-electron chi connectivity index (χ2n) is 6.63. The topological polar surface area (TPSA) is 88.9 Å². The van der Waals surface area contributed by atoms with E-state index >= 15 is 0 Å². The van der Waals surface area contributed by atoms with Gasteiger partial charge in [-0.15, -0.1) is 10.2 Å². The molecule has 0 saturated carbocycles. The molecule has 0 atom stereocenters. The van der Waals surface area contributed by atoms with Crippen molar-refractivity contribution in [3.05, 3.63) is 77.6 Å². The van der Waals surface area contributed by atoms with Gasteiger partial charge in [-0.3, -0.25) is 9.59 Å². The molecule has 2 amide bonds. The van der Waals surface area contributed by atoms with Gasteiger partial charge in [-0.25, -0.2) is 0 Å². The average Bonchev–Trinajstić information content (AvgIpc) is 3.18. The average molecular weight is 424 g/mol. The van der Waals surface area contributed by atoms with Crippen molar-refractivity contribution in [2.75, 3.05) is 5.75 Å². The van der Waals surface area contributed by atoms with E-state index < -0.39 is 0 Å². The SMILES string of the molecule is CCn1c(CNC(=O)Cc2ccccc2)nnc1SCC(=O)NCc1ccccc1. The number of nitrogens with one attached hydrogen (secondary N) is 2. The summed E-state index contributed by atoms with van der Waals surface area (Å²) in [5.41, 5.74) is 2.02. The molecule has 8 heteroatoms. The molecule has 0 unspecified atom stereocenters. The van der Waals surface area contributed by atoms with E-state index in [1.165, 1.54) is 11.8 Å². The molecular formula is C22H25N5O2S. The van der Waals surface area contributed by atoms with E-state index in [0.29, 0.717) is 37.0 Å². The summed E-state index contributed by atoms with van der Waals surface area (Å²) in [4.78, 5) is 24.3. The zero-order chi connectivity index (χ0) is 21.2. The molecular weight excluding hydrogens is 398 g/mol. The fourth-order valence-electron chi connectivity index (χ4n) is 2.87. The van der Waals surface area contributed by atoms with Gasteiger partial charge in [-0.1, -0.05) is 72.4 Å². The quantitative estimate of drug-likeness (QED) is 0.489. The Morgan fingerprint density at radius 3 is 2.17 bits per heavy atom. The van der Waals surface area contributed by atoms with Gasteiger partial charge in [-0.2, -0.15) is 0 Å². The molecule has 7 nitrogen and oxygen atoms in total. The molecule has 0 aliphatic heterocycles. The molecule has 3 aromatic rings. The number of hydrogen-bond acceptors (Lipinski definition) is 5. The third-order valence-corrected chi connectivity index (χ3v) is 5.39. The van der Waals surface area contributed by atoms with Crippen LogP contribution in [-0.2, 0) is 35.6 Å². The molecule has 0 spiro atoms. The van der Waals surface area contributed by atoms with Crippen molar-refractivity contribution in [1.29, 1.82) is 0 Å². The maximum atomic E-state index is 12.2. The van der Waals surface area contributed by atoms with Crippen LogP contribution in [0, 0.1) is 0 Å². The molecule has 2 aromatic carbocycles. The molecule has 0 radical (unpaired) electrons. The van der Waals surface area contributed by atoms with Crippen molar-refractivity contribution in [3.8, 4) is 0 Å². The Bertz CT molecular complexity index is 960. The number of hydrogen-bond donors (Lipinski definition) is 2. The number of carbonyl (C=O) groups is 2. The number of thioether (sulfide) groups is 1. The van der Waals surface area contributed by atoms with Crippen molar-refractivity contribution in [2.45, 2.75) is 38.1 Å². The lowest BCUT2D eigenvalue weighted by Crippen LogP contribution is -2.26. The van der Waals surface area contributed by atoms with Crippen molar-refractivity contribution >= 4 is 23.6 Å². The standard InChI is InChI=1S/C22H25N5O2S/c1-2-27-19(15-24-20(28)13-17-9-5-3-6-10-17)25-26-22(27)30-16-21(29)23-14-18-11-7-4-8-12-18/h3-12H,2,13-16H2,1H3,(H,23,29)(H,24,28). The third-order valence-electron chi connectivity index (χ3n) is 4.43. The first-order valence-electron chi connectivity index (χ1n) is 9.82. The zero-order valence-electron chi connectivity index (χ0n) is 16.9. The number of nitrogens with zero attached hydrogens (tertiary/aromatic N) is 3. The second-order valence-corrected chi connectivity index (χ2v) is 7.58. The van der Waals surface area contributed by atoms with Gasteiger partial charge in [0.15, 0.2) is 11.0 Å². The second kappa shape index (κ2) is 11.2. The first-order chi connectivity index (χ1) is 14.7. The van der Waals surface area contributed by atoms with Crippen molar-refractivity contribution in [2.24, 2.45) is 0 Å². The van der Waals surface area contributed by atoms with Crippen LogP contribution >= 0.6 is 11.8 Å². The van der Waals surface area contributed by atoms with E-state index in [4.69, 9.17) is 0 Å². The monoisotopic (exact) mass is 423 g/mol. The van der Waals surface area contributed by atoms with E-state index in [2.05, 4.69) is 20.8 Å². The van der Waals surface area contributed by atoms with Gasteiger partial charge in [0, 0.05) is 13.1 Å². The minimum atomic E-state index is -0.0682. The Labute approximate surface area is 180 Å². The largest absolute Gasteiger partial charge is 0.351 e. The fourth-order valence-corrected chi connectivity index (χ4v) is 3.72. The lowest BCUT2D eigenvalue weighted by atomic mass is 10.1. The van der Waals surface area contributed by atoms with Crippen LogP contribution < -0.4 is 10.6 Å². The Morgan fingerprint density at radius 2 is 1.50 bits per heavy atom. The number of carbonyl (C=O) groups excluding carboxylic acids is 2. The molecule has 3 rings (SSSR count). The number of amides is 2. The van der Waals surface area contributed by atoms with Gasteiger partial charge in [0.05, 0.1) is 18.7 Å². The predicted octanol–water partition coefficient (Wildman–Crippen LogP) is 2.57. The highest BCUT2D eigenvalue weighted by Crippen LogP contribution is 2.17. The zero-order valence-corrected chi connectivity index (χ0v) is 17.7. The highest BCUT2D eigenvalue weighted by Gasteiger charge is 2.14. The van der Waals surface area contributed by atoms with E-state index in [9.17, 15) is 9.59 Å². The molecule has 0 bridgehead atoms. The molecule has 0 saturated heterocycles. The Kier molecular flexibility index (Phi) is 8.02. The summed E-state index contributed by atoms with van der Waals surface area (Å²) in [6.45, 7) is 3.44. The Balaban J connectivity index is 1.47. The molecule has 1 aromatic heterocycles. The normalized spacial score (nSPS) is 10.6. The summed E-state index contributed by atoms with van der Waals surface area (Å²) in [5.74, 6) is 0.797. The molecule has 0 fully saturated rings.